The number of likely N-dealkylation sites (tertiary alicyclic amines) is 1. The number of ether oxygens (including phenoxy) is 1. The van der Waals surface area contributed by atoms with Gasteiger partial charge in [-0.1, -0.05) is 55.1 Å². The molecule has 0 aromatic heterocycles. The highest BCUT2D eigenvalue weighted by atomic mass is 16.5. The molecular formula is C25H33N5O3. The molecule has 1 unspecified atom stereocenters. The molecule has 3 rings (SSSR count). The highest BCUT2D eigenvalue weighted by Crippen LogP contribution is 2.24. The fourth-order valence-electron chi connectivity index (χ4n) is 3.91. The Balaban J connectivity index is 1.72. The van der Waals surface area contributed by atoms with Gasteiger partial charge in [-0.05, 0) is 35.6 Å². The Morgan fingerprint density at radius 2 is 2.00 bits per heavy atom. The summed E-state index contributed by atoms with van der Waals surface area (Å²) in [6.07, 6.45) is 8.86. The van der Waals surface area contributed by atoms with E-state index in [1.807, 2.05) is 41.3 Å². The van der Waals surface area contributed by atoms with E-state index in [0.29, 0.717) is 45.8 Å². The maximum absolute atomic E-state index is 13.0. The van der Waals surface area contributed by atoms with Crippen molar-refractivity contribution in [1.29, 1.82) is 5.41 Å². The molecule has 0 saturated carbocycles. The lowest BCUT2D eigenvalue weighted by atomic mass is 10.1. The minimum absolute atomic E-state index is 0.173. The van der Waals surface area contributed by atoms with Gasteiger partial charge < -0.3 is 30.3 Å². The second-order valence-corrected chi connectivity index (χ2v) is 7.84. The Morgan fingerprint density at radius 1 is 1.24 bits per heavy atom. The molecule has 2 heterocycles. The number of aliphatic hydroxyl groups is 1. The Hall–Kier alpha value is -3.52. The van der Waals surface area contributed by atoms with Crippen LogP contribution in [0.25, 0.3) is 0 Å². The molecule has 1 aromatic rings. The van der Waals surface area contributed by atoms with Crippen molar-refractivity contribution in [2.24, 2.45) is 0 Å². The number of morpholine rings is 1. The summed E-state index contributed by atoms with van der Waals surface area (Å²) in [7, 11) is 0. The van der Waals surface area contributed by atoms with Crippen LogP contribution in [0.4, 0.5) is 4.79 Å². The molecule has 1 aromatic carbocycles. The van der Waals surface area contributed by atoms with Crippen molar-refractivity contribution in [3.05, 3.63) is 84.2 Å². The Labute approximate surface area is 195 Å². The molecule has 2 fully saturated rings. The summed E-state index contributed by atoms with van der Waals surface area (Å²) in [4.78, 5) is 16.7. The van der Waals surface area contributed by atoms with Crippen molar-refractivity contribution < 1.29 is 14.6 Å². The molecule has 8 heteroatoms. The molecule has 0 bridgehead atoms. The number of carbonyl (C=O) groups is 1. The average Bonchev–Trinajstić information content (AvgIpc) is 3.22. The van der Waals surface area contributed by atoms with Crippen LogP contribution in [0.15, 0.2) is 78.6 Å². The zero-order valence-corrected chi connectivity index (χ0v) is 18.9. The van der Waals surface area contributed by atoms with Crippen LogP contribution in [0.3, 0.4) is 0 Å². The third-order valence-electron chi connectivity index (χ3n) is 5.63. The average molecular weight is 452 g/mol. The smallest absolute Gasteiger partial charge is 0.319 e. The third kappa shape index (κ3) is 6.98. The van der Waals surface area contributed by atoms with Crippen LogP contribution in [0.1, 0.15) is 12.0 Å². The predicted molar refractivity (Wildman–Crippen MR) is 130 cm³/mol. The zero-order valence-electron chi connectivity index (χ0n) is 18.9. The van der Waals surface area contributed by atoms with Crippen molar-refractivity contribution in [1.82, 2.24) is 20.4 Å². The zero-order chi connectivity index (χ0) is 23.5. The van der Waals surface area contributed by atoms with E-state index < -0.39 is 6.17 Å². The normalized spacial score (nSPS) is 20.3. The van der Waals surface area contributed by atoms with E-state index >= 15 is 0 Å². The second kappa shape index (κ2) is 12.5. The van der Waals surface area contributed by atoms with Crippen LogP contribution in [-0.2, 0) is 11.2 Å². The molecule has 2 aliphatic rings. The molecule has 0 radical (unpaired) electrons. The molecule has 0 spiro atoms. The van der Waals surface area contributed by atoms with Crippen molar-refractivity contribution >= 4 is 12.0 Å². The van der Waals surface area contributed by atoms with E-state index in [9.17, 15) is 9.90 Å². The number of hydrogen-bond donors (Lipinski definition) is 4. The summed E-state index contributed by atoms with van der Waals surface area (Å²) in [5.74, 6) is 0.269. The largest absolute Gasteiger partial charge is 0.516 e. The molecule has 4 N–H and O–H groups in total. The van der Waals surface area contributed by atoms with Gasteiger partial charge in [0.15, 0.2) is 5.96 Å². The maximum Gasteiger partial charge on any atom is 0.319 e. The van der Waals surface area contributed by atoms with Crippen LogP contribution in [0.5, 0.6) is 0 Å². The number of nitrogens with one attached hydrogen (secondary N) is 3. The van der Waals surface area contributed by atoms with E-state index in [1.165, 1.54) is 5.56 Å². The summed E-state index contributed by atoms with van der Waals surface area (Å²) in [5, 5.41) is 24.0. The monoisotopic (exact) mass is 451 g/mol. The second-order valence-electron chi connectivity index (χ2n) is 7.84. The molecule has 176 valence electrons. The minimum Gasteiger partial charge on any atom is -0.516 e. The van der Waals surface area contributed by atoms with Gasteiger partial charge in [0.25, 0.3) is 0 Å². The van der Waals surface area contributed by atoms with Gasteiger partial charge in [-0.3, -0.25) is 5.41 Å². The molecule has 8 nitrogen and oxygen atoms in total. The van der Waals surface area contributed by atoms with Gasteiger partial charge in [0, 0.05) is 26.2 Å². The van der Waals surface area contributed by atoms with Gasteiger partial charge in [0.1, 0.15) is 6.17 Å². The number of carbonyl (C=O) groups excluding carboxylic acids is 1. The third-order valence-corrected chi connectivity index (χ3v) is 5.63. The van der Waals surface area contributed by atoms with E-state index in [1.54, 1.807) is 23.1 Å². The first-order valence-electron chi connectivity index (χ1n) is 11.2. The number of rotatable bonds is 7. The fraction of sp³-hybridized carbons (Fsp3) is 0.360. The van der Waals surface area contributed by atoms with E-state index in [0.717, 1.165) is 23.8 Å². The van der Waals surface area contributed by atoms with Gasteiger partial charge in [0.05, 0.1) is 19.5 Å². The Bertz CT molecular complexity index is 904. The Kier molecular flexibility index (Phi) is 9.14. The summed E-state index contributed by atoms with van der Waals surface area (Å²) in [6, 6.07) is 9.86. The molecular weight excluding hydrogens is 418 g/mol. The standard InChI is InChI=1S/C25H33N5O3/c1-2-6-21(11-16-31)19-22-10-13-30(23(22)28-24(26)29-14-17-33-18-15-29)25(32)27-12-9-20-7-4-3-5-8-20/h2-8,11,16,19,23,31H,1,9-10,12-15,17-18H2,(H2,26,28)(H,27,32)/b16-11+,21-6+,22-19+. The first-order valence-corrected chi connectivity index (χ1v) is 11.2. The van der Waals surface area contributed by atoms with Crippen LogP contribution in [0, 0.1) is 5.41 Å². The summed E-state index contributed by atoms with van der Waals surface area (Å²) >= 11 is 0. The lowest BCUT2D eigenvalue weighted by Crippen LogP contribution is -2.56. The van der Waals surface area contributed by atoms with Gasteiger partial charge >= 0.3 is 6.03 Å². The fourth-order valence-corrected chi connectivity index (χ4v) is 3.91. The minimum atomic E-state index is -0.461. The van der Waals surface area contributed by atoms with Crippen LogP contribution < -0.4 is 10.6 Å². The van der Waals surface area contributed by atoms with Crippen molar-refractivity contribution in [2.75, 3.05) is 39.4 Å². The molecule has 2 amide bonds. The first kappa shape index (κ1) is 24.1. The maximum atomic E-state index is 13.0. The number of amides is 2. The van der Waals surface area contributed by atoms with E-state index in [2.05, 4.69) is 17.2 Å². The number of hydrogen-bond acceptors (Lipinski definition) is 4. The summed E-state index contributed by atoms with van der Waals surface area (Å²) < 4.78 is 5.39. The molecule has 0 aliphatic carbocycles. The quantitative estimate of drug-likeness (QED) is 0.221. The number of aliphatic hydroxyl groups excluding tert-OH is 1. The van der Waals surface area contributed by atoms with Gasteiger partial charge in [-0.15, -0.1) is 0 Å². The molecule has 2 aliphatic heterocycles. The molecule has 1 atom stereocenters. The summed E-state index contributed by atoms with van der Waals surface area (Å²) in [5.41, 5.74) is 2.88. The highest BCUT2D eigenvalue weighted by Gasteiger charge is 2.34. The number of guanidine groups is 1. The number of nitrogens with zero attached hydrogens (tertiary/aromatic N) is 2. The lowest BCUT2D eigenvalue weighted by molar-refractivity contribution is 0.0654. The van der Waals surface area contributed by atoms with Gasteiger partial charge in [-0.25, -0.2) is 4.79 Å². The first-order chi connectivity index (χ1) is 16.1. The predicted octanol–water partition coefficient (Wildman–Crippen LogP) is 2.94. The van der Waals surface area contributed by atoms with Crippen molar-refractivity contribution in [2.45, 2.75) is 19.0 Å². The van der Waals surface area contributed by atoms with Crippen LogP contribution in [-0.4, -0.2) is 72.5 Å². The van der Waals surface area contributed by atoms with Crippen LogP contribution in [0.2, 0.25) is 0 Å². The van der Waals surface area contributed by atoms with Crippen LogP contribution >= 0.6 is 0 Å². The van der Waals surface area contributed by atoms with Crippen molar-refractivity contribution in [3.63, 3.8) is 0 Å². The van der Waals surface area contributed by atoms with E-state index in [4.69, 9.17) is 10.1 Å². The molecule has 2 saturated heterocycles. The number of urea groups is 1. The Morgan fingerprint density at radius 3 is 2.70 bits per heavy atom. The SMILES string of the molecule is C=C/C=C(\C=C\O)/C=C1\CCN(C(=O)NCCc2ccccc2)C1NC(=N)N1CCOCC1. The molecule has 33 heavy (non-hydrogen) atoms. The topological polar surface area (TPSA) is 101 Å². The summed E-state index contributed by atoms with van der Waals surface area (Å²) in [6.45, 7) is 7.21. The lowest BCUT2D eigenvalue weighted by Gasteiger charge is -2.33. The highest BCUT2D eigenvalue weighted by molar-refractivity contribution is 5.80. The number of benzene rings is 1. The van der Waals surface area contributed by atoms with Crippen molar-refractivity contribution in [3.8, 4) is 0 Å². The van der Waals surface area contributed by atoms with Gasteiger partial charge in [0.2, 0.25) is 0 Å². The van der Waals surface area contributed by atoms with E-state index in [-0.39, 0.29) is 12.0 Å². The van der Waals surface area contributed by atoms with Gasteiger partial charge in [-0.2, -0.15) is 0 Å². The number of allylic oxidation sites excluding steroid dienone is 5.